The lowest BCUT2D eigenvalue weighted by Gasteiger charge is -2.60. The molecule has 0 saturated carbocycles. The average molecular weight is 479 g/mol. The van der Waals surface area contributed by atoms with E-state index in [-0.39, 0.29) is 5.75 Å². The van der Waals surface area contributed by atoms with Crippen LogP contribution in [0.3, 0.4) is 0 Å². The van der Waals surface area contributed by atoms with E-state index in [9.17, 15) is 25.2 Å². The van der Waals surface area contributed by atoms with E-state index in [4.69, 9.17) is 21.1 Å². The number of fused-ring (bicyclic) bond motifs is 1. The van der Waals surface area contributed by atoms with Crippen molar-refractivity contribution >= 4 is 44.4 Å². The van der Waals surface area contributed by atoms with Gasteiger partial charge in [0.15, 0.2) is 11.7 Å². The lowest BCUT2D eigenvalue weighted by Crippen LogP contribution is -2.82. The maximum absolute atomic E-state index is 11.7. The van der Waals surface area contributed by atoms with Gasteiger partial charge < -0.3 is 34.9 Å². The summed E-state index contributed by atoms with van der Waals surface area (Å²) < 4.78 is 12.1. The number of carboxylic acids is 1. The number of carboxylic acid groups (broad SMARTS) is 1. The number of hydrogen-bond acceptors (Lipinski definition) is 6. The number of aromatic amines is 1. The first-order chi connectivity index (χ1) is 12.7. The Hall–Kier alpha value is -1.36. The number of carbonyl (C=O) groups is 1. The number of H-pyrrole nitrogens is 1. The summed E-state index contributed by atoms with van der Waals surface area (Å²) in [4.78, 5) is 14.7. The first-order valence-electron chi connectivity index (χ1n) is 8.39. The third kappa shape index (κ3) is 2.68. The van der Waals surface area contributed by atoms with Crippen LogP contribution in [0.25, 0.3) is 10.9 Å². The maximum atomic E-state index is 11.7. The number of aromatic nitrogens is 1. The van der Waals surface area contributed by atoms with Gasteiger partial charge in [-0.15, -0.1) is 0 Å². The van der Waals surface area contributed by atoms with Gasteiger partial charge in [-0.3, -0.25) is 0 Å². The minimum atomic E-state index is -2.31. The Morgan fingerprint density at radius 2 is 1.82 bits per heavy atom. The molecule has 154 valence electrons. The van der Waals surface area contributed by atoms with E-state index in [1.54, 1.807) is 12.1 Å². The van der Waals surface area contributed by atoms with Crippen molar-refractivity contribution in [3.05, 3.63) is 27.8 Å². The molecule has 8 nitrogen and oxygen atoms in total. The van der Waals surface area contributed by atoms with Crippen molar-refractivity contribution in [2.24, 2.45) is 0 Å². The van der Waals surface area contributed by atoms with Crippen molar-refractivity contribution in [3.8, 4) is 5.75 Å². The zero-order valence-corrected chi connectivity index (χ0v) is 17.9. The van der Waals surface area contributed by atoms with Gasteiger partial charge in [0.05, 0.1) is 15.9 Å². The third-order valence-electron chi connectivity index (χ3n) is 5.90. The van der Waals surface area contributed by atoms with Crippen LogP contribution in [0.15, 0.2) is 22.8 Å². The van der Waals surface area contributed by atoms with E-state index >= 15 is 0 Å². The molecule has 3 rings (SSSR count). The van der Waals surface area contributed by atoms with Gasteiger partial charge in [-0.1, -0.05) is 11.6 Å². The lowest BCUT2D eigenvalue weighted by molar-refractivity contribution is -0.407. The van der Waals surface area contributed by atoms with Gasteiger partial charge in [0.25, 0.3) is 0 Å². The summed E-state index contributed by atoms with van der Waals surface area (Å²) in [5.41, 5.74) is -6.22. The molecule has 1 saturated heterocycles. The summed E-state index contributed by atoms with van der Waals surface area (Å²) in [7, 11) is 0. The summed E-state index contributed by atoms with van der Waals surface area (Å²) in [6.45, 7) is 4.70. The molecule has 0 spiro atoms. The van der Waals surface area contributed by atoms with E-state index < -0.39 is 34.7 Å². The second-order valence-electron chi connectivity index (χ2n) is 7.61. The molecule has 0 amide bonds. The van der Waals surface area contributed by atoms with Crippen molar-refractivity contribution in [3.63, 3.8) is 0 Å². The van der Waals surface area contributed by atoms with Crippen molar-refractivity contribution in [2.75, 3.05) is 0 Å². The molecule has 5 N–H and O–H groups in total. The van der Waals surface area contributed by atoms with Crippen LogP contribution in [0.5, 0.6) is 5.75 Å². The predicted molar refractivity (Wildman–Crippen MR) is 104 cm³/mol. The fourth-order valence-corrected chi connectivity index (χ4v) is 4.06. The lowest BCUT2D eigenvalue weighted by atomic mass is 9.65. The molecule has 1 aliphatic heterocycles. The molecule has 0 aliphatic carbocycles. The van der Waals surface area contributed by atoms with Crippen LogP contribution in [-0.4, -0.2) is 60.1 Å². The molecule has 0 bridgehead atoms. The van der Waals surface area contributed by atoms with Gasteiger partial charge in [0, 0.05) is 17.6 Å². The number of hydrogen-bond donors (Lipinski definition) is 5. The highest BCUT2D eigenvalue weighted by molar-refractivity contribution is 9.10. The van der Waals surface area contributed by atoms with Crippen molar-refractivity contribution < 1.29 is 34.7 Å². The smallest absolute Gasteiger partial charge is 0.336 e. The summed E-state index contributed by atoms with van der Waals surface area (Å²) in [6, 6.07) is 3.49. The van der Waals surface area contributed by atoms with E-state index in [1.807, 2.05) is 0 Å². The van der Waals surface area contributed by atoms with E-state index in [2.05, 4.69) is 20.9 Å². The first-order valence-corrected chi connectivity index (χ1v) is 9.56. The number of nitrogens with one attached hydrogen (secondary N) is 1. The molecular formula is C18H21BrClNO7. The highest BCUT2D eigenvalue weighted by Gasteiger charge is 2.73. The van der Waals surface area contributed by atoms with Crippen LogP contribution >= 0.6 is 27.5 Å². The minimum Gasteiger partial charge on any atom is -0.479 e. The summed E-state index contributed by atoms with van der Waals surface area (Å²) in [6.07, 6.45) is -0.398. The number of ether oxygens (including phenoxy) is 2. The Kier molecular flexibility index (Phi) is 4.82. The number of halogens is 2. The zero-order valence-electron chi connectivity index (χ0n) is 15.6. The molecule has 0 unspecified atom stereocenters. The molecule has 10 heteroatoms. The Morgan fingerprint density at radius 3 is 2.39 bits per heavy atom. The topological polar surface area (TPSA) is 132 Å². The summed E-state index contributed by atoms with van der Waals surface area (Å²) >= 11 is 9.68. The van der Waals surface area contributed by atoms with Crippen LogP contribution < -0.4 is 4.74 Å². The SMILES string of the molecule is C[C@@]1(Oc2c[nH]c3ccc(Br)c(Cl)c23)O[C@H](C(=O)O)[C@@](C)(O)[C@](C)(O)[C@@]1(C)O. The average Bonchev–Trinajstić information content (AvgIpc) is 2.97. The fourth-order valence-electron chi connectivity index (χ4n) is 3.48. The maximum Gasteiger partial charge on any atom is 0.336 e. The molecule has 1 aliphatic rings. The molecule has 5 atom stereocenters. The molecule has 2 aromatic rings. The van der Waals surface area contributed by atoms with Crippen molar-refractivity contribution in [1.82, 2.24) is 4.98 Å². The summed E-state index contributed by atoms with van der Waals surface area (Å²) in [5.74, 6) is -3.40. The second-order valence-corrected chi connectivity index (χ2v) is 8.85. The quantitative estimate of drug-likeness (QED) is 0.458. The Labute approximate surface area is 174 Å². The Bertz CT molecular complexity index is 955. The predicted octanol–water partition coefficient (Wildman–Crippen LogP) is 2.42. The molecule has 2 heterocycles. The number of aliphatic hydroxyl groups is 3. The van der Waals surface area contributed by atoms with Gasteiger partial charge in [-0.25, -0.2) is 4.79 Å². The highest BCUT2D eigenvalue weighted by Crippen LogP contribution is 2.50. The highest BCUT2D eigenvalue weighted by atomic mass is 79.9. The zero-order chi connectivity index (χ0) is 21.3. The monoisotopic (exact) mass is 477 g/mol. The van der Waals surface area contributed by atoms with Crippen LogP contribution in [0.1, 0.15) is 27.7 Å². The fraction of sp³-hybridized carbons (Fsp3) is 0.500. The summed E-state index contributed by atoms with van der Waals surface area (Å²) in [5, 5.41) is 43.1. The van der Waals surface area contributed by atoms with Gasteiger partial charge in [0.2, 0.25) is 5.79 Å². The molecule has 0 radical (unpaired) electrons. The van der Waals surface area contributed by atoms with Crippen LogP contribution in [-0.2, 0) is 9.53 Å². The Morgan fingerprint density at radius 1 is 1.21 bits per heavy atom. The molecule has 1 aromatic heterocycles. The van der Waals surface area contributed by atoms with Gasteiger partial charge >= 0.3 is 5.97 Å². The molecular weight excluding hydrogens is 458 g/mol. The van der Waals surface area contributed by atoms with Gasteiger partial charge in [-0.05, 0) is 48.8 Å². The molecule has 28 heavy (non-hydrogen) atoms. The largest absolute Gasteiger partial charge is 0.479 e. The van der Waals surface area contributed by atoms with Gasteiger partial charge in [0.1, 0.15) is 17.0 Å². The van der Waals surface area contributed by atoms with E-state index in [0.717, 1.165) is 13.8 Å². The molecule has 1 fully saturated rings. The second kappa shape index (κ2) is 6.32. The number of benzene rings is 1. The van der Waals surface area contributed by atoms with Crippen molar-refractivity contribution in [2.45, 2.75) is 56.4 Å². The van der Waals surface area contributed by atoms with Crippen LogP contribution in [0.4, 0.5) is 0 Å². The van der Waals surface area contributed by atoms with Crippen molar-refractivity contribution in [1.29, 1.82) is 0 Å². The Balaban J connectivity index is 2.15. The minimum absolute atomic E-state index is 0.172. The standard InChI is InChI=1S/C18H21BrClNO7/c1-15(24)13(14(22)23)28-18(4,17(3,26)16(15,2)25)27-10-7-21-9-6-5-8(19)12(20)11(9)10/h5-7,13,21,24-26H,1-4H3,(H,22,23)/t13-,15-,16+,17-,18-/m1/s1. The first kappa shape index (κ1) is 21.4. The van der Waals surface area contributed by atoms with E-state index in [1.165, 1.54) is 20.0 Å². The molecule has 1 aromatic carbocycles. The third-order valence-corrected chi connectivity index (χ3v) is 7.18. The van der Waals surface area contributed by atoms with Gasteiger partial charge in [-0.2, -0.15) is 0 Å². The van der Waals surface area contributed by atoms with Crippen LogP contribution in [0, 0.1) is 0 Å². The van der Waals surface area contributed by atoms with E-state index in [0.29, 0.717) is 20.4 Å². The van der Waals surface area contributed by atoms with Crippen LogP contribution in [0.2, 0.25) is 5.02 Å². The number of aliphatic carboxylic acids is 1. The normalized spacial score (nSPS) is 38.5. The number of rotatable bonds is 3.